The minimum Gasteiger partial charge on any atom is -0.338 e. The summed E-state index contributed by atoms with van der Waals surface area (Å²) in [6.45, 7) is 5.61. The molecule has 0 spiro atoms. The van der Waals surface area contributed by atoms with Crippen molar-refractivity contribution in [3.63, 3.8) is 0 Å². The fraction of sp³-hybridized carbons (Fsp3) is 0.500. The maximum absolute atomic E-state index is 4.44. The van der Waals surface area contributed by atoms with Gasteiger partial charge in [-0.05, 0) is 30.9 Å². The van der Waals surface area contributed by atoms with E-state index in [1.54, 1.807) is 0 Å². The molecule has 0 saturated carbocycles. The number of rotatable bonds is 8. The molecule has 2 atom stereocenters. The van der Waals surface area contributed by atoms with Crippen molar-refractivity contribution in [1.82, 2.24) is 14.9 Å². The quantitative estimate of drug-likeness (QED) is 0.804. The molecule has 2 aromatic rings. The van der Waals surface area contributed by atoms with Crippen LogP contribution in [0.4, 0.5) is 0 Å². The third kappa shape index (κ3) is 4.43. The number of benzene rings is 1. The smallest absolute Gasteiger partial charge is 0.108 e. The van der Waals surface area contributed by atoms with Gasteiger partial charge in [-0.1, -0.05) is 44.2 Å². The summed E-state index contributed by atoms with van der Waals surface area (Å²) in [5.41, 5.74) is 1.41. The summed E-state index contributed by atoms with van der Waals surface area (Å²) in [6.07, 6.45) is 7.19. The van der Waals surface area contributed by atoms with Crippen molar-refractivity contribution < 1.29 is 0 Å². The minimum atomic E-state index is 0.490. The van der Waals surface area contributed by atoms with Crippen LogP contribution in [0.3, 0.4) is 0 Å². The van der Waals surface area contributed by atoms with E-state index in [1.165, 1.54) is 17.8 Å². The van der Waals surface area contributed by atoms with Crippen LogP contribution < -0.4 is 5.32 Å². The lowest BCUT2D eigenvalue weighted by molar-refractivity contribution is 0.420. The first kappa shape index (κ1) is 15.8. The van der Waals surface area contributed by atoms with Gasteiger partial charge >= 0.3 is 0 Å². The zero-order valence-corrected chi connectivity index (χ0v) is 13.4. The average Bonchev–Trinajstić information content (AvgIpc) is 2.93. The van der Waals surface area contributed by atoms with Crippen molar-refractivity contribution >= 4 is 0 Å². The van der Waals surface area contributed by atoms with Crippen LogP contribution in [0.15, 0.2) is 42.7 Å². The number of nitrogens with zero attached hydrogens (tertiary/aromatic N) is 2. The van der Waals surface area contributed by atoms with Gasteiger partial charge in [0, 0.05) is 31.9 Å². The third-order valence-corrected chi connectivity index (χ3v) is 4.19. The normalized spacial score (nSPS) is 14.0. The predicted octanol–water partition coefficient (Wildman–Crippen LogP) is 3.52. The standard InChI is InChI=1S/C18H27N3/c1-4-12-19-17(10-11-18-20-13-14-21(18)3)15(2)16-8-6-5-7-9-16/h5-9,13-15,17,19H,4,10-12H2,1-3H3. The topological polar surface area (TPSA) is 29.9 Å². The van der Waals surface area contributed by atoms with Gasteiger partial charge in [-0.3, -0.25) is 0 Å². The lowest BCUT2D eigenvalue weighted by atomic mass is 9.90. The molecule has 1 aromatic carbocycles. The Kier molecular flexibility index (Phi) is 6.00. The Bertz CT molecular complexity index is 518. The molecular weight excluding hydrogens is 258 g/mol. The lowest BCUT2D eigenvalue weighted by Crippen LogP contribution is -2.35. The molecule has 2 rings (SSSR count). The molecule has 0 radical (unpaired) electrons. The molecule has 1 aromatic heterocycles. The highest BCUT2D eigenvalue weighted by Gasteiger charge is 2.18. The van der Waals surface area contributed by atoms with E-state index in [-0.39, 0.29) is 0 Å². The molecule has 0 aliphatic heterocycles. The van der Waals surface area contributed by atoms with Crippen LogP contribution in [-0.2, 0) is 13.5 Å². The van der Waals surface area contributed by atoms with Crippen molar-refractivity contribution in [2.45, 2.75) is 45.1 Å². The Balaban J connectivity index is 2.01. The van der Waals surface area contributed by atoms with Crippen molar-refractivity contribution in [1.29, 1.82) is 0 Å². The highest BCUT2D eigenvalue weighted by molar-refractivity contribution is 5.20. The van der Waals surface area contributed by atoms with E-state index < -0.39 is 0 Å². The molecule has 2 unspecified atom stereocenters. The van der Waals surface area contributed by atoms with E-state index in [4.69, 9.17) is 0 Å². The zero-order chi connectivity index (χ0) is 15.1. The lowest BCUT2D eigenvalue weighted by Gasteiger charge is -2.25. The minimum absolute atomic E-state index is 0.490. The summed E-state index contributed by atoms with van der Waals surface area (Å²) in [5.74, 6) is 1.68. The second-order valence-electron chi connectivity index (χ2n) is 5.75. The van der Waals surface area contributed by atoms with Crippen LogP contribution in [0.1, 0.15) is 44.0 Å². The first-order valence-corrected chi connectivity index (χ1v) is 7.97. The Morgan fingerprint density at radius 2 is 2.00 bits per heavy atom. The van der Waals surface area contributed by atoms with Crippen molar-refractivity contribution in [3.05, 3.63) is 54.1 Å². The van der Waals surface area contributed by atoms with Gasteiger partial charge < -0.3 is 9.88 Å². The van der Waals surface area contributed by atoms with Crippen molar-refractivity contribution in [2.75, 3.05) is 6.54 Å². The largest absolute Gasteiger partial charge is 0.338 e. The molecule has 1 N–H and O–H groups in total. The van der Waals surface area contributed by atoms with Crippen LogP contribution in [0.25, 0.3) is 0 Å². The predicted molar refractivity (Wildman–Crippen MR) is 88.5 cm³/mol. The SMILES string of the molecule is CCCNC(CCc1nccn1C)C(C)c1ccccc1. The molecule has 0 bridgehead atoms. The molecule has 0 fully saturated rings. The Hall–Kier alpha value is -1.61. The van der Waals surface area contributed by atoms with Gasteiger partial charge in [0.2, 0.25) is 0 Å². The van der Waals surface area contributed by atoms with Gasteiger partial charge in [0.05, 0.1) is 0 Å². The molecule has 3 heteroatoms. The fourth-order valence-electron chi connectivity index (χ4n) is 2.77. The van der Waals surface area contributed by atoms with Crippen molar-refractivity contribution in [2.24, 2.45) is 7.05 Å². The summed E-state index contributed by atoms with van der Waals surface area (Å²) in [5, 5.41) is 3.71. The van der Waals surface area contributed by atoms with Gasteiger partial charge in [-0.2, -0.15) is 0 Å². The van der Waals surface area contributed by atoms with E-state index in [1.807, 2.05) is 12.4 Å². The van der Waals surface area contributed by atoms with Gasteiger partial charge in [0.1, 0.15) is 5.82 Å². The highest BCUT2D eigenvalue weighted by Crippen LogP contribution is 2.22. The van der Waals surface area contributed by atoms with Crippen molar-refractivity contribution in [3.8, 4) is 0 Å². The summed E-state index contributed by atoms with van der Waals surface area (Å²) in [7, 11) is 2.07. The van der Waals surface area contributed by atoms with Gasteiger partial charge in [-0.25, -0.2) is 4.98 Å². The molecule has 21 heavy (non-hydrogen) atoms. The molecule has 0 saturated heterocycles. The zero-order valence-electron chi connectivity index (χ0n) is 13.4. The molecule has 114 valence electrons. The molecule has 3 nitrogen and oxygen atoms in total. The first-order chi connectivity index (χ1) is 10.2. The fourth-order valence-corrected chi connectivity index (χ4v) is 2.77. The number of aryl methyl sites for hydroxylation is 2. The first-order valence-electron chi connectivity index (χ1n) is 7.97. The van der Waals surface area contributed by atoms with Crippen LogP contribution >= 0.6 is 0 Å². The maximum Gasteiger partial charge on any atom is 0.108 e. The Morgan fingerprint density at radius 3 is 2.62 bits per heavy atom. The van der Waals surface area contributed by atoms with E-state index in [2.05, 4.69) is 66.1 Å². The highest BCUT2D eigenvalue weighted by atomic mass is 15.0. The number of imidazole rings is 1. The average molecular weight is 285 g/mol. The van der Waals surface area contributed by atoms with E-state index >= 15 is 0 Å². The second-order valence-corrected chi connectivity index (χ2v) is 5.75. The molecule has 0 aliphatic rings. The Labute approximate surface area is 128 Å². The van der Waals surface area contributed by atoms with Gasteiger partial charge in [0.15, 0.2) is 0 Å². The summed E-state index contributed by atoms with van der Waals surface area (Å²) in [4.78, 5) is 4.44. The second kappa shape index (κ2) is 7.99. The van der Waals surface area contributed by atoms with Crippen LogP contribution in [-0.4, -0.2) is 22.1 Å². The van der Waals surface area contributed by atoms with Crippen LogP contribution in [0, 0.1) is 0 Å². The van der Waals surface area contributed by atoms with E-state index in [9.17, 15) is 0 Å². The number of aromatic nitrogens is 2. The van der Waals surface area contributed by atoms with Crippen LogP contribution in [0.5, 0.6) is 0 Å². The summed E-state index contributed by atoms with van der Waals surface area (Å²) >= 11 is 0. The molecular formula is C18H27N3. The summed E-state index contributed by atoms with van der Waals surface area (Å²) in [6, 6.07) is 11.3. The van der Waals surface area contributed by atoms with E-state index in [0.29, 0.717) is 12.0 Å². The Morgan fingerprint density at radius 1 is 1.24 bits per heavy atom. The van der Waals surface area contributed by atoms with Crippen LogP contribution in [0.2, 0.25) is 0 Å². The number of hydrogen-bond donors (Lipinski definition) is 1. The van der Waals surface area contributed by atoms with E-state index in [0.717, 1.165) is 19.4 Å². The molecule has 0 aliphatic carbocycles. The molecule has 1 heterocycles. The summed E-state index contributed by atoms with van der Waals surface area (Å²) < 4.78 is 2.12. The monoisotopic (exact) mass is 285 g/mol. The van der Waals surface area contributed by atoms with Gasteiger partial charge in [-0.15, -0.1) is 0 Å². The molecule has 0 amide bonds. The number of hydrogen-bond acceptors (Lipinski definition) is 2. The maximum atomic E-state index is 4.44. The third-order valence-electron chi connectivity index (χ3n) is 4.19. The number of nitrogens with one attached hydrogen (secondary N) is 1. The van der Waals surface area contributed by atoms with Gasteiger partial charge in [0.25, 0.3) is 0 Å².